The molecule has 5 nitrogen and oxygen atoms in total. The van der Waals surface area contributed by atoms with Crippen molar-refractivity contribution in [2.45, 2.75) is 24.7 Å². The van der Waals surface area contributed by atoms with Crippen LogP contribution in [-0.2, 0) is 4.79 Å². The number of halogens is 3. The summed E-state index contributed by atoms with van der Waals surface area (Å²) in [5, 5.41) is 11.8. The van der Waals surface area contributed by atoms with Crippen molar-refractivity contribution in [3.63, 3.8) is 0 Å². The number of rotatable bonds is 3. The van der Waals surface area contributed by atoms with Crippen molar-refractivity contribution in [1.82, 2.24) is 5.32 Å². The first kappa shape index (κ1) is 15.4. The number of alkyl halides is 3. The van der Waals surface area contributed by atoms with E-state index in [4.69, 9.17) is 9.47 Å². The quantitative estimate of drug-likeness (QED) is 0.894. The van der Waals surface area contributed by atoms with Crippen LogP contribution in [-0.4, -0.2) is 31.4 Å². The van der Waals surface area contributed by atoms with Crippen molar-refractivity contribution in [2.75, 3.05) is 14.2 Å². The summed E-state index contributed by atoms with van der Waals surface area (Å²) in [6.07, 6.45) is -5.98. The summed E-state index contributed by atoms with van der Waals surface area (Å²) < 4.78 is 47.1. The molecule has 2 unspecified atom stereocenters. The second-order valence-corrected chi connectivity index (χ2v) is 4.61. The number of aliphatic hydroxyl groups is 1. The summed E-state index contributed by atoms with van der Waals surface area (Å²) in [5.74, 6) is -1.36. The Hall–Kier alpha value is -1.96. The fourth-order valence-corrected chi connectivity index (χ4v) is 2.35. The largest absolute Gasteiger partial charge is 0.493 e. The number of nitrogens with one attached hydrogen (secondary N) is 1. The van der Waals surface area contributed by atoms with Crippen LogP contribution in [0, 0.1) is 0 Å². The standard InChI is InChI=1S/C13H14F3NO4/c1-20-10-3-6-7(4-11(10)21-2)9(18)5-8(6)17-12(19)13(14,15)16/h3-4,8-9,18H,5H2,1-2H3,(H,17,19). The molecule has 2 atom stereocenters. The molecule has 0 heterocycles. The molecule has 0 radical (unpaired) electrons. The molecular weight excluding hydrogens is 291 g/mol. The van der Waals surface area contributed by atoms with Gasteiger partial charge in [0.15, 0.2) is 11.5 Å². The summed E-state index contributed by atoms with van der Waals surface area (Å²) >= 11 is 0. The normalized spacial score (nSPS) is 20.9. The maximum absolute atomic E-state index is 12.3. The van der Waals surface area contributed by atoms with E-state index < -0.39 is 24.2 Å². The summed E-state index contributed by atoms with van der Waals surface area (Å²) in [4.78, 5) is 11.0. The van der Waals surface area contributed by atoms with Crippen LogP contribution in [0.4, 0.5) is 13.2 Å². The van der Waals surface area contributed by atoms with Gasteiger partial charge in [-0.25, -0.2) is 0 Å². The van der Waals surface area contributed by atoms with Crippen molar-refractivity contribution in [1.29, 1.82) is 0 Å². The van der Waals surface area contributed by atoms with Gasteiger partial charge in [0.05, 0.1) is 26.4 Å². The van der Waals surface area contributed by atoms with Gasteiger partial charge in [0.1, 0.15) is 0 Å². The van der Waals surface area contributed by atoms with E-state index >= 15 is 0 Å². The number of ether oxygens (including phenoxy) is 2. The fraction of sp³-hybridized carbons (Fsp3) is 0.462. The number of hydrogen-bond donors (Lipinski definition) is 2. The number of aliphatic hydroxyl groups excluding tert-OH is 1. The van der Waals surface area contributed by atoms with Crippen molar-refractivity contribution < 1.29 is 32.5 Å². The number of amides is 1. The Morgan fingerprint density at radius 1 is 1.24 bits per heavy atom. The van der Waals surface area contributed by atoms with Crippen LogP contribution in [0.1, 0.15) is 29.7 Å². The second kappa shape index (κ2) is 5.44. The van der Waals surface area contributed by atoms with Crippen LogP contribution in [0.15, 0.2) is 12.1 Å². The highest BCUT2D eigenvalue weighted by molar-refractivity contribution is 5.82. The molecule has 0 aliphatic heterocycles. The molecule has 1 aliphatic carbocycles. The summed E-state index contributed by atoms with van der Waals surface area (Å²) in [7, 11) is 2.80. The monoisotopic (exact) mass is 305 g/mol. The van der Waals surface area contributed by atoms with Gasteiger partial charge in [0, 0.05) is 6.42 Å². The number of hydrogen-bond acceptors (Lipinski definition) is 4. The first-order valence-electron chi connectivity index (χ1n) is 6.09. The van der Waals surface area contributed by atoms with Gasteiger partial charge in [-0.15, -0.1) is 0 Å². The summed E-state index contributed by atoms with van der Waals surface area (Å²) in [6, 6.07) is 2.04. The van der Waals surface area contributed by atoms with E-state index in [0.717, 1.165) is 0 Å². The van der Waals surface area contributed by atoms with Crippen LogP contribution < -0.4 is 14.8 Å². The molecule has 21 heavy (non-hydrogen) atoms. The minimum Gasteiger partial charge on any atom is -0.493 e. The van der Waals surface area contributed by atoms with Gasteiger partial charge in [-0.3, -0.25) is 4.79 Å². The first-order chi connectivity index (χ1) is 9.77. The van der Waals surface area contributed by atoms with Gasteiger partial charge < -0.3 is 19.9 Å². The fourth-order valence-electron chi connectivity index (χ4n) is 2.35. The molecule has 2 rings (SSSR count). The molecular formula is C13H14F3NO4. The average molecular weight is 305 g/mol. The topological polar surface area (TPSA) is 67.8 Å². The van der Waals surface area contributed by atoms with Crippen LogP contribution in [0.25, 0.3) is 0 Å². The third-order valence-corrected chi connectivity index (χ3v) is 3.35. The van der Waals surface area contributed by atoms with Crippen LogP contribution in [0.2, 0.25) is 0 Å². The molecule has 1 aromatic carbocycles. The molecule has 0 spiro atoms. The lowest BCUT2D eigenvalue weighted by Crippen LogP contribution is -2.38. The van der Waals surface area contributed by atoms with Gasteiger partial charge in [0.25, 0.3) is 0 Å². The van der Waals surface area contributed by atoms with Crippen molar-refractivity contribution >= 4 is 5.91 Å². The molecule has 0 saturated carbocycles. The zero-order valence-corrected chi connectivity index (χ0v) is 11.3. The zero-order valence-electron chi connectivity index (χ0n) is 11.3. The Kier molecular flexibility index (Phi) is 3.99. The first-order valence-corrected chi connectivity index (χ1v) is 6.09. The third-order valence-electron chi connectivity index (χ3n) is 3.35. The van der Waals surface area contributed by atoms with Gasteiger partial charge in [-0.2, -0.15) is 13.2 Å². The molecule has 116 valence electrons. The molecule has 2 N–H and O–H groups in total. The molecule has 0 bridgehead atoms. The molecule has 1 aromatic rings. The molecule has 1 amide bonds. The highest BCUT2D eigenvalue weighted by atomic mass is 19.4. The van der Waals surface area contributed by atoms with Crippen molar-refractivity contribution in [3.05, 3.63) is 23.3 Å². The van der Waals surface area contributed by atoms with Crippen molar-refractivity contribution in [2.24, 2.45) is 0 Å². The Morgan fingerprint density at radius 3 is 2.24 bits per heavy atom. The Balaban J connectivity index is 2.34. The smallest absolute Gasteiger partial charge is 0.471 e. The summed E-state index contributed by atoms with van der Waals surface area (Å²) in [5.41, 5.74) is 0.804. The second-order valence-electron chi connectivity index (χ2n) is 4.61. The third kappa shape index (κ3) is 2.90. The van der Waals surface area contributed by atoms with Crippen LogP contribution >= 0.6 is 0 Å². The number of benzene rings is 1. The molecule has 8 heteroatoms. The predicted octanol–water partition coefficient (Wildman–Crippen LogP) is 1.86. The molecule has 1 aliphatic rings. The lowest BCUT2D eigenvalue weighted by molar-refractivity contribution is -0.174. The minimum atomic E-state index is -4.97. The van der Waals surface area contributed by atoms with Crippen LogP contribution in [0.3, 0.4) is 0 Å². The Morgan fingerprint density at radius 2 is 1.76 bits per heavy atom. The van der Waals surface area contributed by atoms with E-state index in [1.54, 1.807) is 0 Å². The predicted molar refractivity (Wildman–Crippen MR) is 66.1 cm³/mol. The summed E-state index contributed by atoms with van der Waals surface area (Å²) in [6.45, 7) is 0. The number of carbonyl (C=O) groups is 1. The Bertz CT molecular complexity index is 559. The Labute approximate surface area is 118 Å². The molecule has 0 fully saturated rings. The zero-order chi connectivity index (χ0) is 15.8. The van der Waals surface area contributed by atoms with Gasteiger partial charge in [-0.05, 0) is 23.3 Å². The maximum atomic E-state index is 12.3. The lowest BCUT2D eigenvalue weighted by Gasteiger charge is -2.16. The number of carbonyl (C=O) groups excluding carboxylic acids is 1. The van der Waals surface area contributed by atoms with E-state index in [9.17, 15) is 23.1 Å². The molecule has 0 saturated heterocycles. The van der Waals surface area contributed by atoms with E-state index in [-0.39, 0.29) is 6.42 Å². The van der Waals surface area contributed by atoms with E-state index in [1.165, 1.54) is 26.4 Å². The van der Waals surface area contributed by atoms with Gasteiger partial charge >= 0.3 is 12.1 Å². The van der Waals surface area contributed by atoms with E-state index in [2.05, 4.69) is 0 Å². The van der Waals surface area contributed by atoms with Crippen molar-refractivity contribution in [3.8, 4) is 11.5 Å². The highest BCUT2D eigenvalue weighted by Crippen LogP contribution is 2.44. The van der Waals surface area contributed by atoms with E-state index in [1.807, 2.05) is 5.32 Å². The van der Waals surface area contributed by atoms with E-state index in [0.29, 0.717) is 22.6 Å². The minimum absolute atomic E-state index is 0.0343. The maximum Gasteiger partial charge on any atom is 0.471 e. The SMILES string of the molecule is COc1cc2c(cc1OC)C(NC(=O)C(F)(F)F)CC2O. The van der Waals surface area contributed by atoms with Crippen LogP contribution in [0.5, 0.6) is 11.5 Å². The van der Waals surface area contributed by atoms with Gasteiger partial charge in [0.2, 0.25) is 0 Å². The lowest BCUT2D eigenvalue weighted by atomic mass is 10.1. The molecule has 0 aromatic heterocycles. The number of methoxy groups -OCH3 is 2. The highest BCUT2D eigenvalue weighted by Gasteiger charge is 2.42. The average Bonchev–Trinajstić information content (AvgIpc) is 2.72. The van der Waals surface area contributed by atoms with Gasteiger partial charge in [-0.1, -0.05) is 0 Å². The number of fused-ring (bicyclic) bond motifs is 1.